The van der Waals surface area contributed by atoms with E-state index < -0.39 is 0 Å². The van der Waals surface area contributed by atoms with Crippen LogP contribution in [0.15, 0.2) is 6.20 Å². The van der Waals surface area contributed by atoms with E-state index in [-0.39, 0.29) is 11.9 Å². The number of aromatic amines is 1. The zero-order chi connectivity index (χ0) is 10.7. The van der Waals surface area contributed by atoms with E-state index in [4.69, 9.17) is 11.6 Å². The minimum absolute atomic E-state index is 0.152. The Kier molecular flexibility index (Phi) is 3.23. The molecule has 0 radical (unpaired) electrons. The summed E-state index contributed by atoms with van der Waals surface area (Å²) in [6, 6.07) is 0.240. The predicted octanol–water partition coefficient (Wildman–Crippen LogP) is 0.545. The van der Waals surface area contributed by atoms with E-state index in [1.807, 2.05) is 0 Å². The van der Waals surface area contributed by atoms with Crippen molar-refractivity contribution in [2.45, 2.75) is 18.9 Å². The molecule has 2 heterocycles. The number of piperidine rings is 1. The number of carbonyl (C=O) groups excluding carboxylic acids is 1. The summed E-state index contributed by atoms with van der Waals surface area (Å²) >= 11 is 5.76. The number of nitrogens with one attached hydrogen (secondary N) is 3. The quantitative estimate of drug-likeness (QED) is 0.692. The number of halogens is 1. The Morgan fingerprint density at radius 2 is 2.27 bits per heavy atom. The lowest BCUT2D eigenvalue weighted by Gasteiger charge is -2.23. The van der Waals surface area contributed by atoms with Crippen molar-refractivity contribution in [3.63, 3.8) is 0 Å². The molecule has 0 bridgehead atoms. The predicted molar refractivity (Wildman–Crippen MR) is 57.0 cm³/mol. The van der Waals surface area contributed by atoms with Gasteiger partial charge in [-0.15, -0.1) is 0 Å². The van der Waals surface area contributed by atoms with E-state index in [2.05, 4.69) is 20.8 Å². The summed E-state index contributed by atoms with van der Waals surface area (Å²) in [5.74, 6) is -0.152. The molecule has 3 N–H and O–H groups in total. The van der Waals surface area contributed by atoms with E-state index in [9.17, 15) is 4.79 Å². The van der Waals surface area contributed by atoms with Gasteiger partial charge < -0.3 is 10.6 Å². The van der Waals surface area contributed by atoms with Gasteiger partial charge in [-0.25, -0.2) is 0 Å². The molecule has 5 nitrogen and oxygen atoms in total. The van der Waals surface area contributed by atoms with Gasteiger partial charge in [-0.1, -0.05) is 11.6 Å². The highest BCUT2D eigenvalue weighted by atomic mass is 35.5. The maximum absolute atomic E-state index is 11.7. The SMILES string of the molecule is O=C(NC1CCNCC1)c1cn[nH]c1Cl. The van der Waals surface area contributed by atoms with Gasteiger partial charge in [0.05, 0.1) is 11.8 Å². The van der Waals surface area contributed by atoms with Crippen LogP contribution in [0.2, 0.25) is 5.15 Å². The summed E-state index contributed by atoms with van der Waals surface area (Å²) in [6.07, 6.45) is 3.36. The maximum atomic E-state index is 11.7. The van der Waals surface area contributed by atoms with E-state index >= 15 is 0 Å². The van der Waals surface area contributed by atoms with E-state index in [0.717, 1.165) is 25.9 Å². The zero-order valence-corrected chi connectivity index (χ0v) is 8.97. The molecule has 0 atom stereocenters. The summed E-state index contributed by atoms with van der Waals surface area (Å²) in [6.45, 7) is 1.90. The second-order valence-electron chi connectivity index (χ2n) is 3.60. The first kappa shape index (κ1) is 10.4. The molecule has 6 heteroatoms. The second-order valence-corrected chi connectivity index (χ2v) is 3.97. The number of rotatable bonds is 2. The van der Waals surface area contributed by atoms with Gasteiger partial charge in [-0.3, -0.25) is 9.89 Å². The lowest BCUT2D eigenvalue weighted by atomic mass is 10.1. The van der Waals surface area contributed by atoms with Gasteiger partial charge >= 0.3 is 0 Å². The topological polar surface area (TPSA) is 69.8 Å². The minimum atomic E-state index is -0.152. The van der Waals surface area contributed by atoms with Gasteiger partial charge in [0.15, 0.2) is 0 Å². The van der Waals surface area contributed by atoms with Crippen LogP contribution in [-0.2, 0) is 0 Å². The Labute approximate surface area is 92.6 Å². The van der Waals surface area contributed by atoms with Gasteiger partial charge in [0.1, 0.15) is 5.15 Å². The molecule has 1 amide bonds. The van der Waals surface area contributed by atoms with E-state index in [1.54, 1.807) is 0 Å². The standard InChI is InChI=1S/C9H13ClN4O/c10-8-7(5-12-14-8)9(15)13-6-1-3-11-4-2-6/h5-6,11H,1-4H2,(H,12,14)(H,13,15). The van der Waals surface area contributed by atoms with Crippen LogP contribution in [0.1, 0.15) is 23.2 Å². The normalized spacial score (nSPS) is 17.7. The third kappa shape index (κ3) is 2.49. The van der Waals surface area contributed by atoms with Crippen LogP contribution in [0.3, 0.4) is 0 Å². The van der Waals surface area contributed by atoms with Crippen molar-refractivity contribution < 1.29 is 4.79 Å². The maximum Gasteiger partial charge on any atom is 0.256 e. The molecule has 2 rings (SSSR count). The van der Waals surface area contributed by atoms with Crippen molar-refractivity contribution in [1.29, 1.82) is 0 Å². The number of amides is 1. The highest BCUT2D eigenvalue weighted by Gasteiger charge is 2.18. The van der Waals surface area contributed by atoms with Gasteiger partial charge in [0, 0.05) is 6.04 Å². The third-order valence-electron chi connectivity index (χ3n) is 2.51. The second kappa shape index (κ2) is 4.63. The number of nitrogens with zero attached hydrogens (tertiary/aromatic N) is 1. The Hall–Kier alpha value is -1.07. The first-order valence-electron chi connectivity index (χ1n) is 4.98. The number of H-pyrrole nitrogens is 1. The average Bonchev–Trinajstić information content (AvgIpc) is 2.66. The summed E-state index contributed by atoms with van der Waals surface area (Å²) in [4.78, 5) is 11.7. The van der Waals surface area contributed by atoms with Crippen LogP contribution < -0.4 is 10.6 Å². The Morgan fingerprint density at radius 1 is 1.53 bits per heavy atom. The first-order valence-corrected chi connectivity index (χ1v) is 5.35. The lowest BCUT2D eigenvalue weighted by molar-refractivity contribution is 0.0930. The molecule has 0 spiro atoms. The molecule has 82 valence electrons. The smallest absolute Gasteiger partial charge is 0.256 e. The van der Waals surface area contributed by atoms with Crippen molar-refractivity contribution in [2.24, 2.45) is 0 Å². The van der Waals surface area contributed by atoms with Crippen molar-refractivity contribution in [3.05, 3.63) is 16.9 Å². The first-order chi connectivity index (χ1) is 7.27. The number of aromatic nitrogens is 2. The molecule has 0 aliphatic carbocycles. The molecular formula is C9H13ClN4O. The third-order valence-corrected chi connectivity index (χ3v) is 2.80. The Morgan fingerprint density at radius 3 is 2.87 bits per heavy atom. The van der Waals surface area contributed by atoms with Crippen LogP contribution in [0.5, 0.6) is 0 Å². The van der Waals surface area contributed by atoms with Crippen LogP contribution in [0, 0.1) is 0 Å². The summed E-state index contributed by atoms with van der Waals surface area (Å²) in [5.41, 5.74) is 0.412. The van der Waals surface area contributed by atoms with Crippen molar-refractivity contribution >= 4 is 17.5 Å². The molecule has 1 saturated heterocycles. The Balaban J connectivity index is 1.94. The van der Waals surface area contributed by atoms with Crippen molar-refractivity contribution in [3.8, 4) is 0 Å². The zero-order valence-electron chi connectivity index (χ0n) is 8.22. The van der Waals surface area contributed by atoms with Gasteiger partial charge in [-0.2, -0.15) is 5.10 Å². The van der Waals surface area contributed by atoms with E-state index in [0.29, 0.717) is 10.7 Å². The number of hydrogen-bond donors (Lipinski definition) is 3. The van der Waals surface area contributed by atoms with Gasteiger partial charge in [-0.05, 0) is 25.9 Å². The van der Waals surface area contributed by atoms with E-state index in [1.165, 1.54) is 6.20 Å². The van der Waals surface area contributed by atoms with Crippen LogP contribution in [0.4, 0.5) is 0 Å². The molecule has 1 fully saturated rings. The van der Waals surface area contributed by atoms with Gasteiger partial charge in [0.25, 0.3) is 5.91 Å². The monoisotopic (exact) mass is 228 g/mol. The molecule has 0 aromatic carbocycles. The van der Waals surface area contributed by atoms with Crippen molar-refractivity contribution in [2.75, 3.05) is 13.1 Å². The fraction of sp³-hybridized carbons (Fsp3) is 0.556. The molecule has 15 heavy (non-hydrogen) atoms. The lowest BCUT2D eigenvalue weighted by Crippen LogP contribution is -2.42. The fourth-order valence-corrected chi connectivity index (χ4v) is 1.84. The summed E-state index contributed by atoms with van der Waals surface area (Å²) < 4.78 is 0. The molecular weight excluding hydrogens is 216 g/mol. The molecule has 1 aliphatic heterocycles. The Bertz CT molecular complexity index is 346. The molecule has 0 unspecified atom stereocenters. The highest BCUT2D eigenvalue weighted by molar-refractivity contribution is 6.32. The number of hydrogen-bond acceptors (Lipinski definition) is 3. The summed E-state index contributed by atoms with van der Waals surface area (Å²) in [7, 11) is 0. The molecule has 0 saturated carbocycles. The average molecular weight is 229 g/mol. The van der Waals surface area contributed by atoms with Crippen LogP contribution >= 0.6 is 11.6 Å². The fourth-order valence-electron chi connectivity index (χ4n) is 1.66. The minimum Gasteiger partial charge on any atom is -0.349 e. The number of carbonyl (C=O) groups is 1. The highest BCUT2D eigenvalue weighted by Crippen LogP contribution is 2.11. The van der Waals surface area contributed by atoms with Gasteiger partial charge in [0.2, 0.25) is 0 Å². The molecule has 1 aromatic rings. The van der Waals surface area contributed by atoms with Crippen LogP contribution in [0.25, 0.3) is 0 Å². The largest absolute Gasteiger partial charge is 0.349 e. The molecule has 1 aromatic heterocycles. The van der Waals surface area contributed by atoms with Crippen LogP contribution in [-0.4, -0.2) is 35.2 Å². The van der Waals surface area contributed by atoms with Crippen molar-refractivity contribution in [1.82, 2.24) is 20.8 Å². The summed E-state index contributed by atoms with van der Waals surface area (Å²) in [5, 5.41) is 12.7. The molecule has 1 aliphatic rings.